The molecule has 1 aromatic carbocycles. The van der Waals surface area contributed by atoms with E-state index in [0.717, 1.165) is 31.5 Å². The van der Waals surface area contributed by atoms with E-state index in [4.69, 9.17) is 0 Å². The molecule has 1 fully saturated rings. The predicted molar refractivity (Wildman–Crippen MR) is 74.7 cm³/mol. The molecule has 1 atom stereocenters. The first kappa shape index (κ1) is 14.0. The first-order chi connectivity index (χ1) is 9.22. The smallest absolute Gasteiger partial charge is 0.244 e. The second-order valence-corrected chi connectivity index (χ2v) is 4.91. The number of nitrogens with one attached hydrogen (secondary N) is 1. The number of carbonyl (C=O) groups is 1. The Morgan fingerprint density at radius 2 is 2.05 bits per heavy atom. The monoisotopic (exact) mass is 264 g/mol. The highest BCUT2D eigenvalue weighted by Crippen LogP contribution is 2.18. The summed E-state index contributed by atoms with van der Waals surface area (Å²) < 4.78 is 12.9. The van der Waals surface area contributed by atoms with Gasteiger partial charge in [-0.25, -0.2) is 4.39 Å². The fourth-order valence-electron chi connectivity index (χ4n) is 2.51. The van der Waals surface area contributed by atoms with Crippen molar-refractivity contribution in [2.45, 2.75) is 38.6 Å². The molecule has 0 spiro atoms. The van der Waals surface area contributed by atoms with Crippen LogP contribution in [0.25, 0.3) is 0 Å². The lowest BCUT2D eigenvalue weighted by atomic mass is 10.1. The molecule has 0 radical (unpaired) electrons. The number of hydrogen-bond donors (Lipinski definition) is 1. The lowest BCUT2D eigenvalue weighted by Gasteiger charge is -2.26. The minimum atomic E-state index is -0.278. The van der Waals surface area contributed by atoms with Crippen LogP contribution in [0.4, 0.5) is 10.1 Å². The molecule has 1 unspecified atom stereocenters. The summed E-state index contributed by atoms with van der Waals surface area (Å²) in [5.74, 6) is -0.184. The molecule has 104 valence electrons. The quantitative estimate of drug-likeness (QED) is 0.910. The number of halogens is 1. The number of hydrogen-bond acceptors (Lipinski definition) is 2. The van der Waals surface area contributed by atoms with E-state index in [-0.39, 0.29) is 17.8 Å². The van der Waals surface area contributed by atoms with Gasteiger partial charge in [0.1, 0.15) is 5.82 Å². The molecule has 19 heavy (non-hydrogen) atoms. The Morgan fingerprint density at radius 1 is 1.32 bits per heavy atom. The van der Waals surface area contributed by atoms with Crippen LogP contribution in [0.3, 0.4) is 0 Å². The molecule has 1 heterocycles. The topological polar surface area (TPSA) is 32.3 Å². The molecule has 1 aliphatic heterocycles. The zero-order chi connectivity index (χ0) is 13.7. The van der Waals surface area contributed by atoms with Gasteiger partial charge < -0.3 is 10.2 Å². The molecule has 0 aliphatic carbocycles. The van der Waals surface area contributed by atoms with E-state index in [1.807, 2.05) is 6.92 Å². The summed E-state index contributed by atoms with van der Waals surface area (Å²) in [6, 6.07) is 6.01. The Kier molecular flexibility index (Phi) is 4.91. The number of benzene rings is 1. The molecule has 1 aromatic rings. The summed E-state index contributed by atoms with van der Waals surface area (Å²) in [6.45, 7) is 3.44. The molecular weight excluding hydrogens is 243 g/mol. The normalized spacial score (nSPS) is 19.8. The Bertz CT molecular complexity index is 411. The average molecular weight is 264 g/mol. The molecule has 1 amide bonds. The minimum absolute atomic E-state index is 0.0935. The molecule has 3 nitrogen and oxygen atoms in total. The van der Waals surface area contributed by atoms with E-state index >= 15 is 0 Å². The second kappa shape index (κ2) is 6.66. The summed E-state index contributed by atoms with van der Waals surface area (Å²) in [5, 5.41) is 3.31. The summed E-state index contributed by atoms with van der Waals surface area (Å²) in [4.78, 5) is 14.3. The molecule has 4 heteroatoms. The number of anilines is 1. The van der Waals surface area contributed by atoms with Crippen molar-refractivity contribution in [3.8, 4) is 0 Å². The van der Waals surface area contributed by atoms with Gasteiger partial charge in [-0.15, -0.1) is 0 Å². The second-order valence-electron chi connectivity index (χ2n) is 4.91. The van der Waals surface area contributed by atoms with Gasteiger partial charge in [0.25, 0.3) is 0 Å². The molecular formula is C15H21FN2O. The van der Waals surface area contributed by atoms with Crippen LogP contribution in [0, 0.1) is 5.82 Å². The van der Waals surface area contributed by atoms with E-state index in [1.54, 1.807) is 17.0 Å². The summed E-state index contributed by atoms with van der Waals surface area (Å²) in [7, 11) is 0. The van der Waals surface area contributed by atoms with Crippen molar-refractivity contribution in [2.75, 3.05) is 18.0 Å². The van der Waals surface area contributed by atoms with E-state index in [1.165, 1.54) is 18.6 Å². The number of likely N-dealkylation sites (N-methyl/N-ethyl adjacent to an activating group) is 1. The first-order valence-electron chi connectivity index (χ1n) is 7.02. The minimum Gasteiger partial charge on any atom is -0.311 e. The van der Waals surface area contributed by atoms with Crippen molar-refractivity contribution in [1.29, 1.82) is 0 Å². The van der Waals surface area contributed by atoms with Crippen molar-refractivity contribution in [3.63, 3.8) is 0 Å². The van der Waals surface area contributed by atoms with Gasteiger partial charge in [-0.2, -0.15) is 0 Å². The molecule has 2 rings (SSSR count). The van der Waals surface area contributed by atoms with Crippen molar-refractivity contribution in [3.05, 3.63) is 30.1 Å². The third-order valence-electron chi connectivity index (χ3n) is 3.58. The van der Waals surface area contributed by atoms with Gasteiger partial charge in [-0.1, -0.05) is 12.8 Å². The maximum Gasteiger partial charge on any atom is 0.244 e. The van der Waals surface area contributed by atoms with Gasteiger partial charge in [-0.3, -0.25) is 4.79 Å². The highest BCUT2D eigenvalue weighted by molar-refractivity contribution is 5.97. The van der Waals surface area contributed by atoms with E-state index in [2.05, 4.69) is 5.32 Å². The number of amides is 1. The Labute approximate surface area is 113 Å². The van der Waals surface area contributed by atoms with E-state index < -0.39 is 0 Å². The molecule has 1 saturated heterocycles. The van der Waals surface area contributed by atoms with Crippen LogP contribution < -0.4 is 10.2 Å². The van der Waals surface area contributed by atoms with Crippen LogP contribution in [-0.2, 0) is 4.79 Å². The first-order valence-corrected chi connectivity index (χ1v) is 7.02. The molecule has 1 N–H and O–H groups in total. The van der Waals surface area contributed by atoms with Gasteiger partial charge in [0, 0.05) is 12.2 Å². The van der Waals surface area contributed by atoms with Crippen LogP contribution in [0.5, 0.6) is 0 Å². The van der Waals surface area contributed by atoms with E-state index in [0.29, 0.717) is 6.54 Å². The number of rotatable bonds is 3. The molecule has 0 aromatic heterocycles. The molecule has 1 aliphatic rings. The molecule has 0 saturated carbocycles. The van der Waals surface area contributed by atoms with Crippen molar-refractivity contribution >= 4 is 11.6 Å². The van der Waals surface area contributed by atoms with Crippen molar-refractivity contribution < 1.29 is 9.18 Å². The SMILES string of the molecule is CCN(C(=O)C1CCCCCN1)c1ccc(F)cc1. The van der Waals surface area contributed by atoms with Gasteiger partial charge in [0.15, 0.2) is 0 Å². The third kappa shape index (κ3) is 3.53. The summed E-state index contributed by atoms with van der Waals surface area (Å²) in [6.07, 6.45) is 4.28. The lowest BCUT2D eigenvalue weighted by Crippen LogP contribution is -2.46. The van der Waals surface area contributed by atoms with Gasteiger partial charge in [0.2, 0.25) is 5.91 Å². The van der Waals surface area contributed by atoms with Crippen molar-refractivity contribution in [1.82, 2.24) is 5.32 Å². The fourth-order valence-corrected chi connectivity index (χ4v) is 2.51. The number of nitrogens with zero attached hydrogens (tertiary/aromatic N) is 1. The third-order valence-corrected chi connectivity index (χ3v) is 3.58. The summed E-state index contributed by atoms with van der Waals surface area (Å²) >= 11 is 0. The zero-order valence-corrected chi connectivity index (χ0v) is 11.4. The lowest BCUT2D eigenvalue weighted by molar-refractivity contribution is -0.120. The Morgan fingerprint density at radius 3 is 2.74 bits per heavy atom. The zero-order valence-electron chi connectivity index (χ0n) is 11.4. The largest absolute Gasteiger partial charge is 0.311 e. The maximum atomic E-state index is 12.9. The van der Waals surface area contributed by atoms with Gasteiger partial charge >= 0.3 is 0 Å². The maximum absolute atomic E-state index is 12.9. The van der Waals surface area contributed by atoms with Crippen LogP contribution in [-0.4, -0.2) is 25.0 Å². The van der Waals surface area contributed by atoms with Crippen LogP contribution in [0.15, 0.2) is 24.3 Å². The van der Waals surface area contributed by atoms with Crippen molar-refractivity contribution in [2.24, 2.45) is 0 Å². The standard InChI is InChI=1S/C15H21FN2O/c1-2-18(13-9-7-12(16)8-10-13)15(19)14-6-4-3-5-11-17-14/h7-10,14,17H,2-6,11H2,1H3. The van der Waals surface area contributed by atoms with Gasteiger partial charge in [-0.05, 0) is 50.6 Å². The fraction of sp³-hybridized carbons (Fsp3) is 0.533. The molecule has 0 bridgehead atoms. The van der Waals surface area contributed by atoms with Crippen LogP contribution in [0.2, 0.25) is 0 Å². The van der Waals surface area contributed by atoms with Crippen LogP contribution in [0.1, 0.15) is 32.6 Å². The highest BCUT2D eigenvalue weighted by atomic mass is 19.1. The summed E-state index contributed by atoms with van der Waals surface area (Å²) in [5.41, 5.74) is 0.764. The number of carbonyl (C=O) groups excluding carboxylic acids is 1. The average Bonchev–Trinajstić information content (AvgIpc) is 2.70. The Balaban J connectivity index is 2.11. The Hall–Kier alpha value is -1.42. The van der Waals surface area contributed by atoms with Crippen LogP contribution >= 0.6 is 0 Å². The van der Waals surface area contributed by atoms with E-state index in [9.17, 15) is 9.18 Å². The highest BCUT2D eigenvalue weighted by Gasteiger charge is 2.24. The predicted octanol–water partition coefficient (Wildman–Crippen LogP) is 2.71. The van der Waals surface area contributed by atoms with Gasteiger partial charge in [0.05, 0.1) is 6.04 Å².